The van der Waals surface area contributed by atoms with Crippen molar-refractivity contribution in [1.82, 2.24) is 9.78 Å². The first-order valence-corrected chi connectivity index (χ1v) is 3.85. The zero-order valence-electron chi connectivity index (χ0n) is 7.85. The van der Waals surface area contributed by atoms with Crippen LogP contribution in [0, 0.1) is 5.41 Å². The van der Waals surface area contributed by atoms with Crippen LogP contribution in [0.2, 0.25) is 0 Å². The molecule has 1 aromatic heterocycles. The van der Waals surface area contributed by atoms with Gasteiger partial charge in [-0.2, -0.15) is 31.7 Å². The minimum atomic E-state index is -4.84. The van der Waals surface area contributed by atoms with Crippen LogP contribution in [0.15, 0.2) is 6.07 Å². The number of halogens is 5. The Kier molecular flexibility index (Phi) is 3.15. The van der Waals surface area contributed by atoms with Crippen LogP contribution < -0.4 is 0 Å². The van der Waals surface area contributed by atoms with E-state index in [1.54, 1.807) is 0 Å². The summed E-state index contributed by atoms with van der Waals surface area (Å²) in [4.78, 5) is 0. The largest absolute Gasteiger partial charge is 0.480 e. The molecule has 90 valence electrons. The summed E-state index contributed by atoms with van der Waals surface area (Å²) >= 11 is 0. The molecule has 4 nitrogen and oxygen atoms in total. The van der Waals surface area contributed by atoms with Crippen molar-refractivity contribution in [1.29, 1.82) is 5.41 Å². The van der Waals surface area contributed by atoms with Gasteiger partial charge in [-0.25, -0.2) is 0 Å². The molecule has 0 fully saturated rings. The normalized spacial score (nSPS) is 11.9. The number of ether oxygens (including phenoxy) is 1. The van der Waals surface area contributed by atoms with Crippen LogP contribution in [0.3, 0.4) is 0 Å². The molecule has 0 aromatic carbocycles. The van der Waals surface area contributed by atoms with Gasteiger partial charge in [0.15, 0.2) is 5.69 Å². The predicted octanol–water partition coefficient (Wildman–Crippen LogP) is 2.27. The zero-order valence-corrected chi connectivity index (χ0v) is 7.85. The molecule has 0 bridgehead atoms. The van der Waals surface area contributed by atoms with Gasteiger partial charge in [0.2, 0.25) is 5.90 Å². The summed E-state index contributed by atoms with van der Waals surface area (Å²) in [7, 11) is 0.985. The molecule has 0 aliphatic rings. The molecule has 0 spiro atoms. The van der Waals surface area contributed by atoms with Gasteiger partial charge in [-0.3, -0.25) is 5.41 Å². The van der Waals surface area contributed by atoms with E-state index in [1.807, 2.05) is 0 Å². The van der Waals surface area contributed by atoms with E-state index in [2.05, 4.69) is 9.84 Å². The number of nitrogens with zero attached hydrogens (tertiary/aromatic N) is 2. The second kappa shape index (κ2) is 4.06. The third-order valence-electron chi connectivity index (χ3n) is 1.65. The van der Waals surface area contributed by atoms with Crippen molar-refractivity contribution in [3.63, 3.8) is 0 Å². The van der Waals surface area contributed by atoms with Gasteiger partial charge >= 0.3 is 12.7 Å². The molecule has 0 amide bonds. The number of methoxy groups -OCH3 is 1. The lowest BCUT2D eigenvalue weighted by atomic mass is 10.3. The first kappa shape index (κ1) is 12.4. The van der Waals surface area contributed by atoms with Crippen molar-refractivity contribution in [2.45, 2.75) is 12.7 Å². The van der Waals surface area contributed by atoms with Crippen LogP contribution in [0.1, 0.15) is 17.9 Å². The number of aromatic nitrogens is 2. The van der Waals surface area contributed by atoms with Crippen LogP contribution in [-0.2, 0) is 10.9 Å². The Hall–Kier alpha value is -1.67. The number of hydrogen-bond donors (Lipinski definition) is 1. The van der Waals surface area contributed by atoms with Gasteiger partial charge in [0.1, 0.15) is 5.69 Å². The molecule has 0 unspecified atom stereocenters. The van der Waals surface area contributed by atoms with Gasteiger partial charge in [0.25, 0.3) is 0 Å². The lowest BCUT2D eigenvalue weighted by molar-refractivity contribution is -0.142. The zero-order chi connectivity index (χ0) is 12.5. The Morgan fingerprint density at radius 2 is 2.06 bits per heavy atom. The Morgan fingerprint density at radius 3 is 2.44 bits per heavy atom. The minimum absolute atomic E-state index is 0.214. The average molecular weight is 243 g/mol. The summed E-state index contributed by atoms with van der Waals surface area (Å²) in [6.07, 6.45) is -4.84. The maximum Gasteiger partial charge on any atom is 0.435 e. The lowest BCUT2D eigenvalue weighted by Crippen LogP contribution is -2.13. The highest BCUT2D eigenvalue weighted by Crippen LogP contribution is 2.30. The standard InChI is InChI=1S/C7H6F5N3O/c1-16-5(13)3-2-4(7(10,11)12)14-15(3)6(8)9/h2,6,13H,1H3. The maximum absolute atomic E-state index is 12.3. The van der Waals surface area contributed by atoms with Crippen LogP contribution >= 0.6 is 0 Å². The van der Waals surface area contributed by atoms with E-state index in [-0.39, 0.29) is 4.68 Å². The first-order chi connectivity index (χ1) is 7.27. The molecule has 0 aliphatic heterocycles. The van der Waals surface area contributed by atoms with Gasteiger partial charge in [0, 0.05) is 6.07 Å². The fourth-order valence-electron chi connectivity index (χ4n) is 0.956. The molecule has 1 aromatic rings. The van der Waals surface area contributed by atoms with Crippen molar-refractivity contribution in [2.24, 2.45) is 0 Å². The number of nitrogens with one attached hydrogen (secondary N) is 1. The van der Waals surface area contributed by atoms with E-state index >= 15 is 0 Å². The van der Waals surface area contributed by atoms with Gasteiger partial charge in [-0.1, -0.05) is 0 Å². The van der Waals surface area contributed by atoms with Crippen LogP contribution in [0.4, 0.5) is 22.0 Å². The second-order valence-electron chi connectivity index (χ2n) is 2.67. The minimum Gasteiger partial charge on any atom is -0.480 e. The van der Waals surface area contributed by atoms with Crippen molar-refractivity contribution in [3.05, 3.63) is 17.5 Å². The summed E-state index contributed by atoms with van der Waals surface area (Å²) in [5.74, 6) is -0.816. The highest BCUT2D eigenvalue weighted by Gasteiger charge is 2.36. The molecular weight excluding hydrogens is 237 g/mol. The molecule has 9 heteroatoms. The fraction of sp³-hybridized carbons (Fsp3) is 0.429. The smallest absolute Gasteiger partial charge is 0.435 e. The Bertz CT molecular complexity index is 397. The van der Waals surface area contributed by atoms with E-state index in [4.69, 9.17) is 5.41 Å². The molecule has 0 saturated heterocycles. The van der Waals surface area contributed by atoms with Gasteiger partial charge in [-0.15, -0.1) is 0 Å². The van der Waals surface area contributed by atoms with E-state index in [0.717, 1.165) is 7.11 Å². The monoisotopic (exact) mass is 243 g/mol. The number of alkyl halides is 5. The molecule has 1 heterocycles. The third kappa shape index (κ3) is 2.28. The molecule has 0 saturated carbocycles. The SMILES string of the molecule is COC(=N)c1cc(C(F)(F)F)nn1C(F)F. The van der Waals surface area contributed by atoms with Crippen molar-refractivity contribution in [2.75, 3.05) is 7.11 Å². The van der Waals surface area contributed by atoms with Crippen molar-refractivity contribution < 1.29 is 26.7 Å². The van der Waals surface area contributed by atoms with Gasteiger partial charge in [0.05, 0.1) is 7.11 Å². The Morgan fingerprint density at radius 1 is 1.50 bits per heavy atom. The van der Waals surface area contributed by atoms with E-state index in [0.29, 0.717) is 6.07 Å². The molecule has 1 rings (SSSR count). The van der Waals surface area contributed by atoms with Crippen LogP contribution in [0.25, 0.3) is 0 Å². The molecular formula is C7H6F5N3O. The Balaban J connectivity index is 3.26. The fourth-order valence-corrected chi connectivity index (χ4v) is 0.956. The molecule has 0 atom stereocenters. The second-order valence-corrected chi connectivity index (χ2v) is 2.67. The molecule has 0 radical (unpaired) electrons. The van der Waals surface area contributed by atoms with Crippen molar-refractivity contribution in [3.8, 4) is 0 Å². The number of rotatable bonds is 2. The summed E-state index contributed by atoms with van der Waals surface area (Å²) < 4.78 is 65.2. The highest BCUT2D eigenvalue weighted by molar-refractivity contribution is 5.89. The summed E-state index contributed by atoms with van der Waals surface area (Å²) in [5, 5.41) is 9.72. The van der Waals surface area contributed by atoms with Gasteiger partial charge in [-0.05, 0) is 0 Å². The third-order valence-corrected chi connectivity index (χ3v) is 1.65. The summed E-state index contributed by atoms with van der Waals surface area (Å²) in [5.41, 5.74) is -2.23. The van der Waals surface area contributed by atoms with Gasteiger partial charge < -0.3 is 4.74 Å². The Labute approximate surface area is 86.1 Å². The molecule has 1 N–H and O–H groups in total. The molecule has 0 aliphatic carbocycles. The van der Waals surface area contributed by atoms with E-state index < -0.39 is 30.0 Å². The van der Waals surface area contributed by atoms with E-state index in [9.17, 15) is 22.0 Å². The van der Waals surface area contributed by atoms with Crippen LogP contribution in [-0.4, -0.2) is 22.8 Å². The van der Waals surface area contributed by atoms with Crippen molar-refractivity contribution >= 4 is 5.90 Å². The topological polar surface area (TPSA) is 50.9 Å². The van der Waals surface area contributed by atoms with Crippen LogP contribution in [0.5, 0.6) is 0 Å². The average Bonchev–Trinajstić information content (AvgIpc) is 2.60. The first-order valence-electron chi connectivity index (χ1n) is 3.85. The predicted molar refractivity (Wildman–Crippen MR) is 42.3 cm³/mol. The maximum atomic E-state index is 12.3. The quantitative estimate of drug-likeness (QED) is 0.492. The molecule has 16 heavy (non-hydrogen) atoms. The highest BCUT2D eigenvalue weighted by atomic mass is 19.4. The number of hydrogen-bond acceptors (Lipinski definition) is 3. The van der Waals surface area contributed by atoms with E-state index in [1.165, 1.54) is 0 Å². The summed E-state index contributed by atoms with van der Waals surface area (Å²) in [6, 6.07) is 0.331. The lowest BCUT2D eigenvalue weighted by Gasteiger charge is -2.05. The summed E-state index contributed by atoms with van der Waals surface area (Å²) in [6.45, 7) is -3.28.